The van der Waals surface area contributed by atoms with E-state index in [4.69, 9.17) is 40.0 Å². The van der Waals surface area contributed by atoms with E-state index >= 15 is 0 Å². The second-order valence-corrected chi connectivity index (χ2v) is 13.9. The molecule has 0 atom stereocenters. The highest BCUT2D eigenvalue weighted by atomic mass is 35.5. The SMILES string of the molecule is COc1c(F)cccc1Nc1cc(Cl)nc2[nH]n(C)c(=O)c12.[C-]#[N+]c1nc(N)ccc1C(F)F.[C-]#[N+]c1nc(Nc2cc(Nc3cccc(F)c3OC)c3c(=O)n(C)[nH]c3n2)ccc1C(F)F. The number of alkyl halides is 4. The van der Waals surface area contributed by atoms with Gasteiger partial charge in [-0.1, -0.05) is 49.0 Å². The summed E-state index contributed by atoms with van der Waals surface area (Å²) >= 11 is 5.97. The Morgan fingerprint density at radius 3 is 1.63 bits per heavy atom. The number of pyridine rings is 4. The van der Waals surface area contributed by atoms with Gasteiger partial charge in [0.2, 0.25) is 11.6 Å². The van der Waals surface area contributed by atoms with E-state index in [1.165, 1.54) is 79.2 Å². The number of rotatable bonds is 10. The van der Waals surface area contributed by atoms with Gasteiger partial charge in [-0.3, -0.25) is 29.2 Å². The zero-order valence-corrected chi connectivity index (χ0v) is 35.8. The van der Waals surface area contributed by atoms with Crippen molar-refractivity contribution in [2.45, 2.75) is 12.9 Å². The lowest BCUT2D eigenvalue weighted by atomic mass is 10.2. The van der Waals surface area contributed by atoms with Crippen LogP contribution in [-0.2, 0) is 14.1 Å². The zero-order chi connectivity index (χ0) is 48.7. The van der Waals surface area contributed by atoms with E-state index < -0.39 is 35.9 Å². The normalized spacial score (nSPS) is 10.7. The topological polar surface area (TPSA) is 216 Å². The van der Waals surface area contributed by atoms with Crippen LogP contribution in [0.1, 0.15) is 24.0 Å². The standard InChI is InChI=1S/C21H16F3N7O2.C14H12ClFN4O2.C7H5F2N3/c1-25-19-10(18(23)24)7-8-14(28-19)27-15-9-13(16-20(29-15)30-31(2)21(16)32)26-12-6-4-5-11(22)17(12)33-3;1-20-14(21)11-9(6-10(15)18-13(11)19-20)17-8-5-3-4-7(16)12(8)22-2;1-11-7-4(6(8)9)2-3-5(10)12-7/h4-9,18H,2-3H3,(H3,26,27,28,29,30);3-6H,1-2H3,(H2,17,18,19);2-3,6H,(H2,10,12). The average Bonchev–Trinajstić information content (AvgIpc) is 3.74. The van der Waals surface area contributed by atoms with Gasteiger partial charge in [-0.2, -0.15) is 0 Å². The Morgan fingerprint density at radius 1 is 0.657 bits per heavy atom. The Balaban J connectivity index is 0.000000186. The van der Waals surface area contributed by atoms with Crippen LogP contribution in [0.5, 0.6) is 11.5 Å². The fraction of sp³-hybridized carbons (Fsp3) is 0.143. The average molecular weight is 947 g/mol. The molecular weight excluding hydrogens is 914 g/mol. The number of methoxy groups -OCH3 is 2. The first kappa shape index (κ1) is 47.7. The molecule has 344 valence electrons. The van der Waals surface area contributed by atoms with Crippen LogP contribution in [-0.4, -0.2) is 53.7 Å². The molecule has 7 N–H and O–H groups in total. The number of anilines is 7. The number of nitrogens with two attached hydrogens (primary N) is 1. The molecule has 0 saturated carbocycles. The summed E-state index contributed by atoms with van der Waals surface area (Å²) in [7, 11) is 5.77. The number of nitrogens with zero attached hydrogens (tertiary/aromatic N) is 8. The number of aromatic nitrogens is 8. The summed E-state index contributed by atoms with van der Waals surface area (Å²) in [5.74, 6) is -1.50. The Morgan fingerprint density at radius 2 is 1.13 bits per heavy atom. The van der Waals surface area contributed by atoms with Crippen molar-refractivity contribution in [2.24, 2.45) is 14.1 Å². The van der Waals surface area contributed by atoms with E-state index in [9.17, 15) is 35.9 Å². The molecular formula is C42H33ClF6N14O4. The van der Waals surface area contributed by atoms with E-state index in [1.54, 1.807) is 19.2 Å². The van der Waals surface area contributed by atoms with Crippen LogP contribution in [0.15, 0.2) is 82.4 Å². The molecule has 18 nitrogen and oxygen atoms in total. The number of para-hydroxylation sites is 2. The van der Waals surface area contributed by atoms with Crippen molar-refractivity contribution in [1.29, 1.82) is 0 Å². The van der Waals surface area contributed by atoms with Gasteiger partial charge in [-0.25, -0.2) is 36.3 Å². The van der Waals surface area contributed by atoms with Gasteiger partial charge in [-0.15, -0.1) is 9.97 Å². The molecule has 25 heteroatoms. The largest absolute Gasteiger partial charge is 0.492 e. The van der Waals surface area contributed by atoms with Crippen LogP contribution in [0.4, 0.5) is 78.2 Å². The van der Waals surface area contributed by atoms with Crippen molar-refractivity contribution >= 4 is 85.5 Å². The molecule has 0 saturated heterocycles. The molecule has 0 aliphatic carbocycles. The first-order valence-corrected chi connectivity index (χ1v) is 19.3. The summed E-state index contributed by atoms with van der Waals surface area (Å²) in [6.07, 6.45) is -5.52. The third kappa shape index (κ3) is 10.5. The lowest BCUT2D eigenvalue weighted by Gasteiger charge is -2.13. The van der Waals surface area contributed by atoms with E-state index in [0.717, 1.165) is 12.1 Å². The van der Waals surface area contributed by atoms with Gasteiger partial charge in [0, 0.05) is 43.4 Å². The Hall–Kier alpha value is -8.77. The number of halogens is 7. The minimum absolute atomic E-state index is 0.0460. The number of aryl methyl sites for hydroxylation is 2. The molecule has 0 aliphatic heterocycles. The van der Waals surface area contributed by atoms with E-state index in [0.29, 0.717) is 22.4 Å². The first-order chi connectivity index (χ1) is 32.0. The summed E-state index contributed by atoms with van der Waals surface area (Å²) < 4.78 is 90.9. The summed E-state index contributed by atoms with van der Waals surface area (Å²) in [6.45, 7) is 13.6. The molecule has 6 aromatic heterocycles. The van der Waals surface area contributed by atoms with Crippen LogP contribution in [0, 0.1) is 24.8 Å². The van der Waals surface area contributed by atoms with Crippen molar-refractivity contribution in [3.05, 3.63) is 144 Å². The molecule has 67 heavy (non-hydrogen) atoms. The number of hydrogen-bond acceptors (Lipinski definition) is 12. The third-order valence-corrected chi connectivity index (χ3v) is 9.44. The van der Waals surface area contributed by atoms with Gasteiger partial charge in [0.25, 0.3) is 35.6 Å². The molecule has 0 aliphatic rings. The predicted octanol–water partition coefficient (Wildman–Crippen LogP) is 9.74. The predicted molar refractivity (Wildman–Crippen MR) is 239 cm³/mol. The highest BCUT2D eigenvalue weighted by Crippen LogP contribution is 2.36. The minimum atomic E-state index is -2.84. The number of benzene rings is 2. The zero-order valence-electron chi connectivity index (χ0n) is 35.0. The van der Waals surface area contributed by atoms with Crippen molar-refractivity contribution in [3.63, 3.8) is 0 Å². The van der Waals surface area contributed by atoms with Crippen LogP contribution >= 0.6 is 11.6 Å². The summed E-state index contributed by atoms with van der Waals surface area (Å²) in [6, 6.07) is 16.5. The Labute approximate surface area is 378 Å². The Kier molecular flexibility index (Phi) is 14.5. The van der Waals surface area contributed by atoms with Gasteiger partial charge >= 0.3 is 0 Å². The lowest BCUT2D eigenvalue weighted by molar-refractivity contribution is 0.151. The summed E-state index contributed by atoms with van der Waals surface area (Å²) in [4.78, 5) is 46.4. The molecule has 8 aromatic rings. The molecule has 0 bridgehead atoms. The highest BCUT2D eigenvalue weighted by molar-refractivity contribution is 6.30. The molecule has 2 aromatic carbocycles. The van der Waals surface area contributed by atoms with Gasteiger partial charge < -0.3 is 40.8 Å². The van der Waals surface area contributed by atoms with Gasteiger partial charge in [-0.05, 0) is 30.3 Å². The molecule has 0 unspecified atom stereocenters. The number of H-pyrrole nitrogens is 2. The number of aromatic amines is 2. The van der Waals surface area contributed by atoms with E-state index in [-0.39, 0.29) is 79.0 Å². The van der Waals surface area contributed by atoms with Crippen LogP contribution in [0.25, 0.3) is 31.8 Å². The smallest absolute Gasteiger partial charge is 0.280 e. The van der Waals surface area contributed by atoms with Crippen molar-refractivity contribution in [3.8, 4) is 11.5 Å². The maximum absolute atomic E-state index is 14.1. The summed E-state index contributed by atoms with van der Waals surface area (Å²) in [5, 5.41) is 15.2. The third-order valence-electron chi connectivity index (χ3n) is 9.24. The van der Waals surface area contributed by atoms with E-state index in [1.807, 2.05) is 0 Å². The molecule has 0 radical (unpaired) electrons. The maximum atomic E-state index is 14.1. The Bertz CT molecular complexity index is 3350. The lowest BCUT2D eigenvalue weighted by Crippen LogP contribution is -2.12. The van der Waals surface area contributed by atoms with Crippen LogP contribution < -0.4 is 42.3 Å². The van der Waals surface area contributed by atoms with Gasteiger partial charge in [0.15, 0.2) is 34.4 Å². The fourth-order valence-electron chi connectivity index (χ4n) is 6.24. The number of nitrogens with one attached hydrogen (secondary N) is 5. The number of nitrogen functional groups attached to an aromatic ring is 1. The van der Waals surface area contributed by atoms with Crippen molar-refractivity contribution in [2.75, 3.05) is 35.9 Å². The van der Waals surface area contributed by atoms with Crippen molar-refractivity contribution < 1.29 is 35.8 Å². The number of ether oxygens (including phenoxy) is 2. The molecule has 8 rings (SSSR count). The molecule has 0 amide bonds. The quantitative estimate of drug-likeness (QED) is 0.0429. The number of hydrogen-bond donors (Lipinski definition) is 6. The van der Waals surface area contributed by atoms with Crippen molar-refractivity contribution in [1.82, 2.24) is 39.5 Å². The number of fused-ring (bicyclic) bond motifs is 2. The van der Waals surface area contributed by atoms with Gasteiger partial charge in [0.05, 0.1) is 37.0 Å². The fourth-order valence-corrected chi connectivity index (χ4v) is 6.44. The molecule has 0 spiro atoms. The van der Waals surface area contributed by atoms with Gasteiger partial charge in [0.1, 0.15) is 21.7 Å². The second-order valence-electron chi connectivity index (χ2n) is 13.5. The van der Waals surface area contributed by atoms with Crippen LogP contribution in [0.3, 0.4) is 0 Å². The highest BCUT2D eigenvalue weighted by Gasteiger charge is 2.20. The molecule has 6 heterocycles. The monoisotopic (exact) mass is 946 g/mol. The first-order valence-electron chi connectivity index (χ1n) is 18.9. The second kappa shape index (κ2) is 20.4. The van der Waals surface area contributed by atoms with E-state index in [2.05, 4.69) is 55.8 Å². The molecule has 0 fully saturated rings. The summed E-state index contributed by atoms with van der Waals surface area (Å²) in [5.41, 5.74) is 5.61. The minimum Gasteiger partial charge on any atom is -0.492 e. The van der Waals surface area contributed by atoms with Crippen LogP contribution in [0.2, 0.25) is 5.15 Å². The maximum Gasteiger partial charge on any atom is 0.280 e.